The number of ether oxygens (including phenoxy) is 1. The Morgan fingerprint density at radius 1 is 1.12 bits per heavy atom. The van der Waals surface area contributed by atoms with Crippen LogP contribution < -0.4 is 5.32 Å². The van der Waals surface area contributed by atoms with E-state index in [0.717, 1.165) is 17.8 Å². The van der Waals surface area contributed by atoms with Crippen molar-refractivity contribution in [3.63, 3.8) is 0 Å². The van der Waals surface area contributed by atoms with Gasteiger partial charge in [0.2, 0.25) is 0 Å². The van der Waals surface area contributed by atoms with Gasteiger partial charge in [0.15, 0.2) is 0 Å². The van der Waals surface area contributed by atoms with E-state index in [9.17, 15) is 0 Å². The third kappa shape index (κ3) is 2.78. The molecule has 2 saturated carbocycles. The van der Waals surface area contributed by atoms with Crippen LogP contribution in [0.4, 0.5) is 0 Å². The lowest BCUT2D eigenvalue weighted by Gasteiger charge is -2.37. The lowest BCUT2D eigenvalue weighted by Crippen LogP contribution is -2.47. The fourth-order valence-corrected chi connectivity index (χ4v) is 3.53. The highest BCUT2D eigenvalue weighted by atomic mass is 16.5. The van der Waals surface area contributed by atoms with E-state index >= 15 is 0 Å². The van der Waals surface area contributed by atoms with E-state index in [4.69, 9.17) is 4.74 Å². The van der Waals surface area contributed by atoms with Crippen LogP contribution in [0, 0.1) is 17.8 Å². The van der Waals surface area contributed by atoms with Crippen molar-refractivity contribution in [2.75, 3.05) is 14.2 Å². The predicted molar refractivity (Wildman–Crippen MR) is 67.5 cm³/mol. The van der Waals surface area contributed by atoms with Crippen molar-refractivity contribution < 1.29 is 4.74 Å². The highest BCUT2D eigenvalue weighted by Crippen LogP contribution is 2.40. The second kappa shape index (κ2) is 5.50. The molecular formula is C14H27NO. The first kappa shape index (κ1) is 12.4. The number of rotatable bonds is 5. The van der Waals surface area contributed by atoms with Crippen molar-refractivity contribution in [2.45, 2.75) is 57.6 Å². The summed E-state index contributed by atoms with van der Waals surface area (Å²) < 4.78 is 5.75. The minimum Gasteiger partial charge on any atom is -0.380 e. The van der Waals surface area contributed by atoms with Crippen molar-refractivity contribution in [1.29, 1.82) is 0 Å². The van der Waals surface area contributed by atoms with Gasteiger partial charge in [-0.15, -0.1) is 0 Å². The molecule has 94 valence electrons. The zero-order valence-electron chi connectivity index (χ0n) is 11.0. The maximum Gasteiger partial charge on any atom is 0.0754 e. The van der Waals surface area contributed by atoms with Gasteiger partial charge in [-0.1, -0.05) is 19.8 Å². The summed E-state index contributed by atoms with van der Waals surface area (Å²) in [4.78, 5) is 0. The topological polar surface area (TPSA) is 21.3 Å². The zero-order valence-corrected chi connectivity index (χ0v) is 11.0. The normalized spacial score (nSPS) is 34.7. The molecule has 0 aromatic carbocycles. The van der Waals surface area contributed by atoms with Crippen LogP contribution in [0.3, 0.4) is 0 Å². The number of methoxy groups -OCH3 is 1. The quantitative estimate of drug-likeness (QED) is 0.777. The molecule has 2 fully saturated rings. The van der Waals surface area contributed by atoms with Gasteiger partial charge in [-0.25, -0.2) is 0 Å². The van der Waals surface area contributed by atoms with Gasteiger partial charge in [0.25, 0.3) is 0 Å². The molecule has 0 aliphatic heterocycles. The summed E-state index contributed by atoms with van der Waals surface area (Å²) >= 11 is 0. The molecule has 0 aromatic rings. The summed E-state index contributed by atoms with van der Waals surface area (Å²) in [7, 11) is 4.00. The van der Waals surface area contributed by atoms with Gasteiger partial charge >= 0.3 is 0 Å². The van der Waals surface area contributed by atoms with E-state index in [0.29, 0.717) is 12.1 Å². The van der Waals surface area contributed by atoms with Gasteiger partial charge in [0.1, 0.15) is 0 Å². The van der Waals surface area contributed by atoms with Crippen LogP contribution in [0.2, 0.25) is 0 Å². The van der Waals surface area contributed by atoms with E-state index in [1.807, 2.05) is 7.11 Å². The molecule has 0 spiro atoms. The first-order chi connectivity index (χ1) is 7.76. The Balaban J connectivity index is 1.96. The Morgan fingerprint density at radius 2 is 1.88 bits per heavy atom. The van der Waals surface area contributed by atoms with Crippen LogP contribution in [0.15, 0.2) is 0 Å². The second-order valence-electron chi connectivity index (χ2n) is 5.88. The summed E-state index contributed by atoms with van der Waals surface area (Å²) in [5.41, 5.74) is 0. The number of hydrogen-bond donors (Lipinski definition) is 1. The molecular weight excluding hydrogens is 198 g/mol. The summed E-state index contributed by atoms with van der Waals surface area (Å²) in [5, 5.41) is 3.54. The maximum atomic E-state index is 5.75. The first-order valence-corrected chi connectivity index (χ1v) is 6.96. The van der Waals surface area contributed by atoms with Crippen molar-refractivity contribution in [1.82, 2.24) is 5.32 Å². The smallest absolute Gasteiger partial charge is 0.0754 e. The Hall–Kier alpha value is -0.0800. The molecule has 0 radical (unpaired) electrons. The summed E-state index contributed by atoms with van der Waals surface area (Å²) in [6.07, 6.45) is 8.82. The predicted octanol–water partition coefficient (Wildman–Crippen LogP) is 2.83. The van der Waals surface area contributed by atoms with Crippen LogP contribution in [0.25, 0.3) is 0 Å². The van der Waals surface area contributed by atoms with Crippen LogP contribution in [0.1, 0.15) is 45.4 Å². The lowest BCUT2D eigenvalue weighted by atomic mass is 9.76. The van der Waals surface area contributed by atoms with Crippen LogP contribution in [-0.4, -0.2) is 26.3 Å². The van der Waals surface area contributed by atoms with Gasteiger partial charge in [0.05, 0.1) is 6.10 Å². The van der Waals surface area contributed by atoms with Crippen molar-refractivity contribution in [3.05, 3.63) is 0 Å². The van der Waals surface area contributed by atoms with Crippen LogP contribution >= 0.6 is 0 Å². The Morgan fingerprint density at radius 3 is 2.38 bits per heavy atom. The molecule has 2 aliphatic carbocycles. The van der Waals surface area contributed by atoms with Gasteiger partial charge < -0.3 is 10.1 Å². The first-order valence-electron chi connectivity index (χ1n) is 6.96. The molecule has 0 heterocycles. The minimum absolute atomic E-state index is 0.459. The van der Waals surface area contributed by atoms with Gasteiger partial charge in [0, 0.05) is 13.2 Å². The lowest BCUT2D eigenvalue weighted by molar-refractivity contribution is 0.0228. The summed E-state index contributed by atoms with van der Waals surface area (Å²) in [6, 6.07) is 0.584. The Kier molecular flexibility index (Phi) is 4.26. The number of likely N-dealkylation sites (N-methyl/N-ethyl adjacent to an activating group) is 1. The van der Waals surface area contributed by atoms with Gasteiger partial charge in [-0.2, -0.15) is 0 Å². The van der Waals surface area contributed by atoms with Crippen molar-refractivity contribution in [3.8, 4) is 0 Å². The fraction of sp³-hybridized carbons (Fsp3) is 1.00. The van der Waals surface area contributed by atoms with E-state index in [2.05, 4.69) is 19.3 Å². The number of nitrogens with one attached hydrogen (secondary N) is 1. The summed E-state index contributed by atoms with van der Waals surface area (Å²) in [5.74, 6) is 2.57. The molecule has 0 aromatic heterocycles. The van der Waals surface area contributed by atoms with E-state index in [1.165, 1.54) is 38.5 Å². The monoisotopic (exact) mass is 225 g/mol. The Bertz CT molecular complexity index is 215. The third-order valence-corrected chi connectivity index (χ3v) is 4.53. The Labute approximate surface area is 100 Å². The second-order valence-corrected chi connectivity index (χ2v) is 5.88. The average Bonchev–Trinajstić information content (AvgIpc) is 3.09. The fourth-order valence-electron chi connectivity index (χ4n) is 3.53. The van der Waals surface area contributed by atoms with E-state index < -0.39 is 0 Å². The van der Waals surface area contributed by atoms with Crippen LogP contribution in [-0.2, 0) is 4.74 Å². The molecule has 4 unspecified atom stereocenters. The molecule has 0 amide bonds. The van der Waals surface area contributed by atoms with E-state index in [1.54, 1.807) is 0 Å². The van der Waals surface area contributed by atoms with Crippen molar-refractivity contribution in [2.24, 2.45) is 17.8 Å². The molecule has 0 saturated heterocycles. The SMILES string of the molecule is CNC(C1CCCC(C)C1)C(OC)C1CC1. The minimum atomic E-state index is 0.459. The van der Waals surface area contributed by atoms with Crippen molar-refractivity contribution >= 4 is 0 Å². The maximum absolute atomic E-state index is 5.75. The summed E-state index contributed by atoms with van der Waals surface area (Å²) in [6.45, 7) is 2.40. The molecule has 2 rings (SSSR count). The third-order valence-electron chi connectivity index (χ3n) is 4.53. The van der Waals surface area contributed by atoms with Gasteiger partial charge in [-0.3, -0.25) is 0 Å². The average molecular weight is 225 g/mol. The molecule has 2 aliphatic rings. The zero-order chi connectivity index (χ0) is 11.5. The molecule has 2 nitrogen and oxygen atoms in total. The standard InChI is InChI=1S/C14H27NO/c1-10-5-4-6-12(9-10)13(15-2)14(16-3)11-7-8-11/h10-15H,4-9H2,1-3H3. The molecule has 2 heteroatoms. The van der Waals surface area contributed by atoms with Crippen LogP contribution in [0.5, 0.6) is 0 Å². The molecule has 0 bridgehead atoms. The number of hydrogen-bond acceptors (Lipinski definition) is 2. The van der Waals surface area contributed by atoms with Gasteiger partial charge in [-0.05, 0) is 50.5 Å². The largest absolute Gasteiger partial charge is 0.380 e. The van der Waals surface area contributed by atoms with E-state index in [-0.39, 0.29) is 0 Å². The molecule has 4 atom stereocenters. The highest BCUT2D eigenvalue weighted by Gasteiger charge is 2.40. The molecule has 16 heavy (non-hydrogen) atoms. The highest BCUT2D eigenvalue weighted by molar-refractivity contribution is 4.94. The molecule has 1 N–H and O–H groups in total.